The fraction of sp³-hybridized carbons (Fsp3) is 0.357. The molecule has 1 heterocycles. The van der Waals surface area contributed by atoms with Gasteiger partial charge in [0.1, 0.15) is 0 Å². The molecule has 1 saturated heterocycles. The Morgan fingerprint density at radius 2 is 1.55 bits per heavy atom. The Labute approximate surface area is 186 Å². The van der Waals surface area contributed by atoms with Gasteiger partial charge in [-0.05, 0) is 58.7 Å². The fourth-order valence-electron chi connectivity index (χ4n) is 5.06. The summed E-state index contributed by atoms with van der Waals surface area (Å²) >= 11 is 0. The third-order valence-electron chi connectivity index (χ3n) is 6.89. The van der Waals surface area contributed by atoms with Crippen LogP contribution in [-0.2, 0) is 0 Å². The van der Waals surface area contributed by atoms with Gasteiger partial charge in [0.25, 0.3) is 0 Å². The van der Waals surface area contributed by atoms with Crippen molar-refractivity contribution in [3.63, 3.8) is 0 Å². The van der Waals surface area contributed by atoms with E-state index in [1.54, 1.807) is 6.07 Å². The van der Waals surface area contributed by atoms with Crippen LogP contribution < -0.4 is 0 Å². The average Bonchev–Trinajstić information content (AvgIpc) is 2.82. The normalized spacial score (nSPS) is 18.8. The second-order valence-electron chi connectivity index (χ2n) is 9.01. The predicted octanol–water partition coefficient (Wildman–Crippen LogP) is 8.59. The van der Waals surface area contributed by atoms with Crippen molar-refractivity contribution >= 4 is 8.80 Å². The van der Waals surface area contributed by atoms with Gasteiger partial charge in [0.15, 0.2) is 11.6 Å². The van der Waals surface area contributed by atoms with Gasteiger partial charge < -0.3 is 0 Å². The molecule has 0 unspecified atom stereocenters. The zero-order valence-corrected chi connectivity index (χ0v) is 19.6. The summed E-state index contributed by atoms with van der Waals surface area (Å²) in [6.45, 7) is 2.28. The molecule has 1 aliphatic heterocycles. The lowest BCUT2D eigenvalue weighted by Gasteiger charge is -2.28. The Bertz CT molecular complexity index is 991. The number of halogens is 2. The maximum atomic E-state index is 14.1. The van der Waals surface area contributed by atoms with Gasteiger partial charge in [0, 0.05) is 8.80 Å². The SMILES string of the molecule is CCCCC[SiH]1CCC(c2ccc(-c3ccccc3)c(-c3ccc(F)c(F)c3)c2)CC1. The molecule has 0 aromatic heterocycles. The van der Waals surface area contributed by atoms with E-state index in [2.05, 4.69) is 37.3 Å². The van der Waals surface area contributed by atoms with E-state index in [4.69, 9.17) is 0 Å². The van der Waals surface area contributed by atoms with Crippen molar-refractivity contribution in [1.29, 1.82) is 0 Å². The van der Waals surface area contributed by atoms with Crippen LogP contribution >= 0.6 is 0 Å². The second-order valence-corrected chi connectivity index (χ2v) is 12.5. The van der Waals surface area contributed by atoms with Crippen LogP contribution in [0.4, 0.5) is 8.78 Å². The highest BCUT2D eigenvalue weighted by Gasteiger charge is 2.24. The molecule has 31 heavy (non-hydrogen) atoms. The Morgan fingerprint density at radius 1 is 0.774 bits per heavy atom. The molecule has 0 amide bonds. The van der Waals surface area contributed by atoms with Crippen molar-refractivity contribution in [2.24, 2.45) is 0 Å². The third kappa shape index (κ3) is 5.33. The molecule has 3 aromatic rings. The van der Waals surface area contributed by atoms with Crippen LogP contribution in [0.2, 0.25) is 18.1 Å². The summed E-state index contributed by atoms with van der Waals surface area (Å²) in [5, 5.41) is 0. The van der Waals surface area contributed by atoms with Crippen LogP contribution in [0, 0.1) is 11.6 Å². The van der Waals surface area contributed by atoms with Gasteiger partial charge in [-0.1, -0.05) is 98.9 Å². The molecule has 3 heteroatoms. The van der Waals surface area contributed by atoms with Gasteiger partial charge in [-0.15, -0.1) is 0 Å². The minimum atomic E-state index is -0.799. The van der Waals surface area contributed by atoms with Crippen molar-refractivity contribution < 1.29 is 8.78 Å². The Balaban J connectivity index is 1.61. The highest BCUT2D eigenvalue weighted by Crippen LogP contribution is 2.40. The van der Waals surface area contributed by atoms with Crippen LogP contribution in [0.25, 0.3) is 22.3 Å². The Hall–Kier alpha value is -2.26. The summed E-state index contributed by atoms with van der Waals surface area (Å²) in [5.41, 5.74) is 5.24. The number of unbranched alkanes of at least 4 members (excludes halogenated alkanes) is 2. The first-order valence-electron chi connectivity index (χ1n) is 11.8. The van der Waals surface area contributed by atoms with Crippen LogP contribution in [0.15, 0.2) is 66.7 Å². The van der Waals surface area contributed by atoms with Crippen LogP contribution in [0.5, 0.6) is 0 Å². The molecule has 1 fully saturated rings. The van der Waals surface area contributed by atoms with Gasteiger partial charge in [-0.25, -0.2) is 8.78 Å². The number of hydrogen-bond acceptors (Lipinski definition) is 0. The molecule has 0 radical (unpaired) electrons. The van der Waals surface area contributed by atoms with E-state index >= 15 is 0 Å². The van der Waals surface area contributed by atoms with Crippen molar-refractivity contribution in [1.82, 2.24) is 0 Å². The van der Waals surface area contributed by atoms with Gasteiger partial charge in [-0.2, -0.15) is 0 Å². The van der Waals surface area contributed by atoms with Gasteiger partial charge >= 0.3 is 0 Å². The molecule has 4 rings (SSSR count). The van der Waals surface area contributed by atoms with E-state index in [1.165, 1.54) is 67.9 Å². The number of rotatable bonds is 7. The Kier molecular flexibility index (Phi) is 7.34. The molecule has 0 atom stereocenters. The summed E-state index contributed by atoms with van der Waals surface area (Å²) < 4.78 is 27.6. The lowest BCUT2D eigenvalue weighted by molar-refractivity contribution is 0.509. The van der Waals surface area contributed by atoms with E-state index in [0.717, 1.165) is 22.3 Å². The quantitative estimate of drug-likeness (QED) is 0.258. The maximum absolute atomic E-state index is 14.1. The van der Waals surface area contributed by atoms with Crippen LogP contribution in [-0.4, -0.2) is 8.80 Å². The summed E-state index contributed by atoms with van der Waals surface area (Å²) in [7, 11) is -0.554. The summed E-state index contributed by atoms with van der Waals surface area (Å²) in [6.07, 6.45) is 6.68. The van der Waals surface area contributed by atoms with Crippen LogP contribution in [0.1, 0.15) is 50.5 Å². The first-order chi connectivity index (χ1) is 15.2. The largest absolute Gasteiger partial charge is 0.204 e. The van der Waals surface area contributed by atoms with E-state index in [-0.39, 0.29) is 0 Å². The first kappa shape index (κ1) is 21.9. The zero-order chi connectivity index (χ0) is 21.6. The molecule has 0 aliphatic carbocycles. The topological polar surface area (TPSA) is 0 Å². The highest BCUT2D eigenvalue weighted by molar-refractivity contribution is 6.59. The fourth-order valence-corrected chi connectivity index (χ4v) is 8.53. The van der Waals surface area contributed by atoms with Crippen molar-refractivity contribution in [2.75, 3.05) is 0 Å². The zero-order valence-electron chi connectivity index (χ0n) is 18.4. The number of hydrogen-bond donors (Lipinski definition) is 0. The Morgan fingerprint density at radius 3 is 2.26 bits per heavy atom. The first-order valence-corrected chi connectivity index (χ1v) is 14.3. The lowest BCUT2D eigenvalue weighted by Crippen LogP contribution is -2.20. The molecular formula is C28H32F2Si. The standard InChI is InChI=1S/C28H32F2Si/c1-2-3-7-16-31-17-14-21(15-18-31)23-10-12-25(22-8-5-4-6-9-22)26(19-23)24-11-13-27(29)28(30)20-24/h4-6,8-13,19-21,31H,2-3,7,14-18H2,1H3. The molecule has 0 bridgehead atoms. The second kappa shape index (κ2) is 10.4. The molecule has 0 spiro atoms. The van der Waals surface area contributed by atoms with Crippen molar-refractivity contribution in [3.8, 4) is 22.3 Å². The molecule has 162 valence electrons. The summed E-state index contributed by atoms with van der Waals surface area (Å²) in [6, 6.07) is 25.5. The van der Waals surface area contributed by atoms with Gasteiger partial charge in [0.05, 0.1) is 0 Å². The third-order valence-corrected chi connectivity index (χ3v) is 10.4. The van der Waals surface area contributed by atoms with Crippen molar-refractivity contribution in [3.05, 3.63) is 83.9 Å². The van der Waals surface area contributed by atoms with Crippen molar-refractivity contribution in [2.45, 2.75) is 63.1 Å². The smallest absolute Gasteiger partial charge is 0.159 e. The molecule has 0 N–H and O–H groups in total. The molecule has 1 aliphatic rings. The minimum absolute atomic E-state index is 0.554. The van der Waals surface area contributed by atoms with Crippen LogP contribution in [0.3, 0.4) is 0 Å². The minimum Gasteiger partial charge on any atom is -0.204 e. The van der Waals surface area contributed by atoms with E-state index in [0.29, 0.717) is 5.92 Å². The highest BCUT2D eigenvalue weighted by atomic mass is 28.3. The lowest BCUT2D eigenvalue weighted by atomic mass is 9.87. The van der Waals surface area contributed by atoms with Gasteiger partial charge in [0.2, 0.25) is 0 Å². The monoisotopic (exact) mass is 434 g/mol. The molecule has 0 nitrogen and oxygen atoms in total. The molecular weight excluding hydrogens is 402 g/mol. The molecule has 3 aromatic carbocycles. The summed E-state index contributed by atoms with van der Waals surface area (Å²) in [4.78, 5) is 0. The average molecular weight is 435 g/mol. The summed E-state index contributed by atoms with van der Waals surface area (Å²) in [5.74, 6) is -1.00. The molecule has 0 saturated carbocycles. The van der Waals surface area contributed by atoms with E-state index in [1.807, 2.05) is 18.2 Å². The maximum Gasteiger partial charge on any atom is 0.159 e. The number of benzene rings is 3. The van der Waals surface area contributed by atoms with Gasteiger partial charge in [-0.3, -0.25) is 0 Å². The predicted molar refractivity (Wildman–Crippen MR) is 130 cm³/mol. The van der Waals surface area contributed by atoms with E-state index in [9.17, 15) is 8.78 Å². The van der Waals surface area contributed by atoms with E-state index < -0.39 is 20.4 Å².